The van der Waals surface area contributed by atoms with Crippen LogP contribution in [0.25, 0.3) is 6.08 Å². The minimum Gasteiger partial charge on any atom is -0.502 e. The lowest BCUT2D eigenvalue weighted by Gasteiger charge is -2.01. The van der Waals surface area contributed by atoms with Crippen molar-refractivity contribution >= 4 is 29.1 Å². The zero-order chi connectivity index (χ0) is 17.0. The summed E-state index contributed by atoms with van der Waals surface area (Å²) < 4.78 is 0. The lowest BCUT2D eigenvalue weighted by Crippen LogP contribution is -2.01. The van der Waals surface area contributed by atoms with Crippen LogP contribution in [-0.4, -0.2) is 15.8 Å². The summed E-state index contributed by atoms with van der Waals surface area (Å²) in [5.41, 5.74) is -0.161. The molecule has 0 bridgehead atoms. The van der Waals surface area contributed by atoms with E-state index in [4.69, 9.17) is 16.9 Å². The molecule has 0 aliphatic rings. The molecule has 0 heterocycles. The van der Waals surface area contributed by atoms with Gasteiger partial charge in [0.2, 0.25) is 5.78 Å². The molecule has 7 heteroatoms. The summed E-state index contributed by atoms with van der Waals surface area (Å²) in [6.07, 6.45) is 1.23. The number of hydrogen-bond donors (Lipinski definition) is 1. The van der Waals surface area contributed by atoms with E-state index in [0.717, 1.165) is 12.1 Å². The molecular formula is C16H9ClN2O4. The first-order valence-electron chi connectivity index (χ1n) is 6.32. The van der Waals surface area contributed by atoms with Crippen molar-refractivity contribution < 1.29 is 14.8 Å². The van der Waals surface area contributed by atoms with Crippen LogP contribution in [0.1, 0.15) is 15.9 Å². The van der Waals surface area contributed by atoms with Gasteiger partial charge in [-0.15, -0.1) is 0 Å². The number of rotatable bonds is 4. The van der Waals surface area contributed by atoms with Crippen molar-refractivity contribution in [1.82, 2.24) is 0 Å². The lowest BCUT2D eigenvalue weighted by atomic mass is 10.0. The van der Waals surface area contributed by atoms with Gasteiger partial charge in [-0.1, -0.05) is 17.7 Å². The first-order valence-corrected chi connectivity index (χ1v) is 6.69. The molecule has 0 fully saturated rings. The Morgan fingerprint density at radius 2 is 1.91 bits per heavy atom. The number of ketones is 1. The van der Waals surface area contributed by atoms with Gasteiger partial charge in [-0.25, -0.2) is 0 Å². The number of carbonyl (C=O) groups excluding carboxylic acids is 1. The van der Waals surface area contributed by atoms with Gasteiger partial charge in [0.05, 0.1) is 4.92 Å². The second kappa shape index (κ2) is 6.73. The van der Waals surface area contributed by atoms with E-state index < -0.39 is 22.1 Å². The van der Waals surface area contributed by atoms with Crippen LogP contribution in [0.2, 0.25) is 5.02 Å². The summed E-state index contributed by atoms with van der Waals surface area (Å²) in [5.74, 6) is -1.02. The number of hydrogen-bond acceptors (Lipinski definition) is 5. The molecule has 114 valence electrons. The summed E-state index contributed by atoms with van der Waals surface area (Å²) in [4.78, 5) is 22.3. The predicted molar refractivity (Wildman–Crippen MR) is 84.1 cm³/mol. The zero-order valence-corrected chi connectivity index (χ0v) is 12.3. The molecule has 0 aromatic heterocycles. The second-order valence-corrected chi connectivity index (χ2v) is 4.95. The molecule has 0 atom stereocenters. The Morgan fingerprint density at radius 3 is 2.48 bits per heavy atom. The topological polar surface area (TPSA) is 104 Å². The van der Waals surface area contributed by atoms with Gasteiger partial charge in [0, 0.05) is 16.7 Å². The predicted octanol–water partition coefficient (Wildman–Crippen LogP) is 3.74. The molecule has 0 saturated heterocycles. The molecular weight excluding hydrogens is 320 g/mol. The molecule has 0 spiro atoms. The third-order valence-electron chi connectivity index (χ3n) is 2.98. The van der Waals surface area contributed by atoms with Gasteiger partial charge in [0.25, 0.3) is 0 Å². The largest absolute Gasteiger partial charge is 0.502 e. The van der Waals surface area contributed by atoms with Gasteiger partial charge in [-0.3, -0.25) is 14.9 Å². The third kappa shape index (κ3) is 3.73. The van der Waals surface area contributed by atoms with Crippen LogP contribution in [0.3, 0.4) is 0 Å². The number of benzene rings is 2. The van der Waals surface area contributed by atoms with E-state index in [1.807, 2.05) is 0 Å². The van der Waals surface area contributed by atoms with Crippen molar-refractivity contribution in [3.8, 4) is 11.8 Å². The molecule has 6 nitrogen and oxygen atoms in total. The van der Waals surface area contributed by atoms with Crippen molar-refractivity contribution in [3.63, 3.8) is 0 Å². The van der Waals surface area contributed by atoms with Crippen LogP contribution in [0, 0.1) is 21.4 Å². The van der Waals surface area contributed by atoms with Gasteiger partial charge >= 0.3 is 5.69 Å². The number of halogens is 1. The standard InChI is InChI=1S/C16H9ClN2O4/c17-13-4-2-11(3-5-13)16(21)12(9-18)7-10-1-6-15(20)14(8-10)19(22)23/h1-8,20H/b12-7+. The number of nitriles is 1. The number of phenols is 1. The Balaban J connectivity index is 2.41. The Hall–Kier alpha value is -3.17. The van der Waals surface area contributed by atoms with Gasteiger partial charge in [-0.05, 0) is 42.0 Å². The third-order valence-corrected chi connectivity index (χ3v) is 3.23. The number of aromatic hydroxyl groups is 1. The van der Waals surface area contributed by atoms with Gasteiger partial charge in [0.1, 0.15) is 11.6 Å². The van der Waals surface area contributed by atoms with Gasteiger partial charge in [-0.2, -0.15) is 5.26 Å². The minimum absolute atomic E-state index is 0.188. The molecule has 0 saturated carbocycles. The maximum Gasteiger partial charge on any atom is 0.311 e. The van der Waals surface area contributed by atoms with E-state index in [2.05, 4.69) is 0 Å². The minimum atomic E-state index is -0.750. The molecule has 0 aliphatic heterocycles. The molecule has 0 radical (unpaired) electrons. The van der Waals surface area contributed by atoms with E-state index >= 15 is 0 Å². The summed E-state index contributed by atoms with van der Waals surface area (Å²) in [5, 5.41) is 29.8. The highest BCUT2D eigenvalue weighted by Crippen LogP contribution is 2.27. The van der Waals surface area contributed by atoms with Crippen molar-refractivity contribution in [1.29, 1.82) is 5.26 Å². The lowest BCUT2D eigenvalue weighted by molar-refractivity contribution is -0.385. The quantitative estimate of drug-likeness (QED) is 0.302. The maximum atomic E-state index is 12.3. The Kier molecular flexibility index (Phi) is 4.74. The number of nitro benzene ring substituents is 1. The summed E-state index contributed by atoms with van der Waals surface area (Å²) in [6, 6.07) is 11.4. The van der Waals surface area contributed by atoms with Crippen molar-refractivity contribution in [2.45, 2.75) is 0 Å². The highest BCUT2D eigenvalue weighted by Gasteiger charge is 2.15. The van der Waals surface area contributed by atoms with Crippen LogP contribution < -0.4 is 0 Å². The van der Waals surface area contributed by atoms with Crippen LogP contribution in [0.5, 0.6) is 5.75 Å². The maximum absolute atomic E-state index is 12.3. The molecule has 23 heavy (non-hydrogen) atoms. The number of phenolic OH excluding ortho intramolecular Hbond substituents is 1. The Bertz CT molecular complexity index is 851. The SMILES string of the molecule is N#C/C(=C\c1ccc(O)c([N+](=O)[O-])c1)C(=O)c1ccc(Cl)cc1. The van der Waals surface area contributed by atoms with Crippen molar-refractivity contribution in [3.05, 3.63) is 74.3 Å². The highest BCUT2D eigenvalue weighted by atomic mass is 35.5. The second-order valence-electron chi connectivity index (χ2n) is 4.51. The number of Topliss-reactive ketones (excluding diaryl/α,β-unsaturated/α-hetero) is 1. The highest BCUT2D eigenvalue weighted by molar-refractivity contribution is 6.30. The summed E-state index contributed by atoms with van der Waals surface area (Å²) >= 11 is 5.74. The number of allylic oxidation sites excluding steroid dienone is 1. The fourth-order valence-electron chi connectivity index (χ4n) is 1.85. The first-order chi connectivity index (χ1) is 10.9. The number of nitrogens with zero attached hydrogens (tertiary/aromatic N) is 2. The fraction of sp³-hybridized carbons (Fsp3) is 0. The molecule has 2 aromatic carbocycles. The molecule has 2 aromatic rings. The molecule has 0 aliphatic carbocycles. The van der Waals surface area contributed by atoms with Crippen LogP contribution >= 0.6 is 11.6 Å². The number of carbonyl (C=O) groups is 1. The molecule has 1 N–H and O–H groups in total. The molecule has 2 rings (SSSR count). The smallest absolute Gasteiger partial charge is 0.311 e. The van der Waals surface area contributed by atoms with Crippen LogP contribution in [-0.2, 0) is 0 Å². The van der Waals surface area contributed by atoms with E-state index in [9.17, 15) is 20.0 Å². The average Bonchev–Trinajstić information content (AvgIpc) is 2.54. The molecule has 0 amide bonds. The van der Waals surface area contributed by atoms with Gasteiger partial charge in [0.15, 0.2) is 5.75 Å². The van der Waals surface area contributed by atoms with Gasteiger partial charge < -0.3 is 5.11 Å². The first kappa shape index (κ1) is 16.2. The monoisotopic (exact) mass is 328 g/mol. The van der Waals surface area contributed by atoms with E-state index in [-0.39, 0.29) is 16.7 Å². The number of nitro groups is 1. The average molecular weight is 329 g/mol. The molecule has 0 unspecified atom stereocenters. The summed E-state index contributed by atoms with van der Waals surface area (Å²) in [6.45, 7) is 0. The van der Waals surface area contributed by atoms with Crippen molar-refractivity contribution in [2.24, 2.45) is 0 Å². The van der Waals surface area contributed by atoms with Crippen molar-refractivity contribution in [2.75, 3.05) is 0 Å². The van der Waals surface area contributed by atoms with Crippen LogP contribution in [0.15, 0.2) is 48.0 Å². The zero-order valence-electron chi connectivity index (χ0n) is 11.6. The van der Waals surface area contributed by atoms with E-state index in [1.165, 1.54) is 36.4 Å². The van der Waals surface area contributed by atoms with E-state index in [1.54, 1.807) is 6.07 Å². The Labute approximate surface area is 136 Å². The normalized spacial score (nSPS) is 10.9. The summed E-state index contributed by atoms with van der Waals surface area (Å²) in [7, 11) is 0. The fourth-order valence-corrected chi connectivity index (χ4v) is 1.97. The van der Waals surface area contributed by atoms with E-state index in [0.29, 0.717) is 5.02 Å². The Morgan fingerprint density at radius 1 is 1.26 bits per heavy atom. The van der Waals surface area contributed by atoms with Crippen LogP contribution in [0.4, 0.5) is 5.69 Å².